The van der Waals surface area contributed by atoms with Crippen molar-refractivity contribution in [3.05, 3.63) is 107 Å². The average molecular weight is 626 g/mol. The Hall–Kier alpha value is -4.53. The molecule has 2 N–H and O–H groups in total. The molecule has 3 aromatic carbocycles. The number of carbonyl (C=O) groups is 2. The minimum absolute atomic E-state index is 0.0208. The average Bonchev–Trinajstić information content (AvgIpc) is 3.54. The van der Waals surface area contributed by atoms with Gasteiger partial charge in [0.15, 0.2) is 11.6 Å². The fourth-order valence-corrected chi connectivity index (χ4v) is 6.89. The maximum Gasteiger partial charge on any atom is 0.324 e. The van der Waals surface area contributed by atoms with Crippen LogP contribution in [0.4, 0.5) is 25.1 Å². The van der Waals surface area contributed by atoms with Gasteiger partial charge < -0.3 is 10.2 Å². The van der Waals surface area contributed by atoms with E-state index in [9.17, 15) is 18.4 Å². The Morgan fingerprint density at radius 1 is 0.870 bits per heavy atom. The summed E-state index contributed by atoms with van der Waals surface area (Å²) in [6.45, 7) is 8.30. The molecule has 240 valence electrons. The second kappa shape index (κ2) is 12.7. The molecule has 0 spiro atoms. The lowest BCUT2D eigenvalue weighted by Gasteiger charge is -2.39. The summed E-state index contributed by atoms with van der Waals surface area (Å²) in [6.07, 6.45) is 4.65. The van der Waals surface area contributed by atoms with Gasteiger partial charge >= 0.3 is 6.03 Å². The third kappa shape index (κ3) is 6.98. The van der Waals surface area contributed by atoms with Gasteiger partial charge in [0.2, 0.25) is 5.91 Å². The number of nitrogens with one attached hydrogen (secondary N) is 2. The topological polar surface area (TPSA) is 79.3 Å². The van der Waals surface area contributed by atoms with Crippen molar-refractivity contribution in [3.63, 3.8) is 0 Å². The molecule has 6 rings (SSSR count). The van der Waals surface area contributed by atoms with E-state index in [4.69, 9.17) is 5.10 Å². The quantitative estimate of drug-likeness (QED) is 0.219. The van der Waals surface area contributed by atoms with Gasteiger partial charge in [-0.3, -0.25) is 10.1 Å². The number of benzene rings is 3. The summed E-state index contributed by atoms with van der Waals surface area (Å²) in [5, 5.41) is 10.8. The van der Waals surface area contributed by atoms with Crippen molar-refractivity contribution in [1.29, 1.82) is 0 Å². The zero-order chi connectivity index (χ0) is 32.6. The van der Waals surface area contributed by atoms with E-state index in [0.29, 0.717) is 23.0 Å². The van der Waals surface area contributed by atoms with Crippen molar-refractivity contribution in [3.8, 4) is 5.69 Å². The third-order valence-corrected chi connectivity index (χ3v) is 9.17. The smallest absolute Gasteiger partial charge is 0.324 e. The lowest BCUT2D eigenvalue weighted by molar-refractivity contribution is -0.135. The first-order chi connectivity index (χ1) is 21.9. The highest BCUT2D eigenvalue weighted by atomic mass is 19.2. The van der Waals surface area contributed by atoms with Crippen molar-refractivity contribution >= 4 is 23.4 Å². The molecule has 4 aromatic rings. The van der Waals surface area contributed by atoms with Gasteiger partial charge in [-0.2, -0.15) is 5.10 Å². The minimum Gasteiger partial charge on any atom is -0.336 e. The predicted octanol–water partition coefficient (Wildman–Crippen LogP) is 7.96. The maximum atomic E-state index is 13.7. The molecule has 0 radical (unpaired) electrons. The predicted molar refractivity (Wildman–Crippen MR) is 176 cm³/mol. The molecular weight excluding hydrogens is 584 g/mol. The Morgan fingerprint density at radius 2 is 1.59 bits per heavy atom. The summed E-state index contributed by atoms with van der Waals surface area (Å²) in [5.41, 5.74) is 5.01. The SMILES string of the molecule is Cc1ccc(-n2nc(C(C)(C)C)cc2NC(=O)Nc2cccc(CC3CC4CCC(C3)N4C(=O)Cc3ccc(F)c(F)c3)c2)cc1. The van der Waals surface area contributed by atoms with Gasteiger partial charge in [-0.05, 0) is 92.5 Å². The van der Waals surface area contributed by atoms with Crippen molar-refractivity contribution in [2.75, 3.05) is 10.6 Å². The normalized spacial score (nSPS) is 19.3. The first-order valence-corrected chi connectivity index (χ1v) is 16.0. The number of carbonyl (C=O) groups excluding carboxylic acids is 2. The van der Waals surface area contributed by atoms with Crippen LogP contribution in [0.25, 0.3) is 5.69 Å². The summed E-state index contributed by atoms with van der Waals surface area (Å²) < 4.78 is 28.8. The van der Waals surface area contributed by atoms with Crippen LogP contribution in [0.2, 0.25) is 0 Å². The number of aryl methyl sites for hydroxylation is 1. The Morgan fingerprint density at radius 3 is 2.26 bits per heavy atom. The summed E-state index contributed by atoms with van der Waals surface area (Å²) in [6, 6.07) is 21.5. The second-order valence-corrected chi connectivity index (χ2v) is 13.8. The van der Waals surface area contributed by atoms with Gasteiger partial charge in [-0.15, -0.1) is 0 Å². The number of halogens is 2. The lowest BCUT2D eigenvalue weighted by Crippen LogP contribution is -2.47. The van der Waals surface area contributed by atoms with E-state index in [-0.39, 0.29) is 35.9 Å². The molecule has 3 amide bonds. The van der Waals surface area contributed by atoms with Gasteiger partial charge in [0, 0.05) is 29.3 Å². The number of urea groups is 1. The van der Waals surface area contributed by atoms with Crippen LogP contribution < -0.4 is 10.6 Å². The van der Waals surface area contributed by atoms with E-state index in [1.807, 2.05) is 60.4 Å². The molecule has 2 unspecified atom stereocenters. The van der Waals surface area contributed by atoms with E-state index in [1.54, 1.807) is 4.68 Å². The molecule has 0 aliphatic carbocycles. The number of hydrogen-bond donors (Lipinski definition) is 2. The zero-order valence-electron chi connectivity index (χ0n) is 26.8. The molecule has 3 heterocycles. The number of hydrogen-bond acceptors (Lipinski definition) is 3. The first kappa shape index (κ1) is 31.5. The number of aromatic nitrogens is 2. The fourth-order valence-electron chi connectivity index (χ4n) is 6.89. The summed E-state index contributed by atoms with van der Waals surface area (Å²) in [7, 11) is 0. The number of fused-ring (bicyclic) bond motifs is 2. The number of nitrogens with zero attached hydrogens (tertiary/aromatic N) is 3. The van der Waals surface area contributed by atoms with E-state index in [1.165, 1.54) is 6.07 Å². The molecule has 9 heteroatoms. The maximum absolute atomic E-state index is 13.7. The Kier molecular flexibility index (Phi) is 8.68. The largest absolute Gasteiger partial charge is 0.336 e. The van der Waals surface area contributed by atoms with Gasteiger partial charge in [0.05, 0.1) is 17.8 Å². The van der Waals surface area contributed by atoms with Crippen LogP contribution in [0.5, 0.6) is 0 Å². The number of rotatable bonds is 7. The molecule has 2 atom stereocenters. The first-order valence-electron chi connectivity index (χ1n) is 16.0. The van der Waals surface area contributed by atoms with E-state index >= 15 is 0 Å². The van der Waals surface area contributed by atoms with Crippen LogP contribution in [0.1, 0.15) is 68.8 Å². The monoisotopic (exact) mass is 625 g/mol. The van der Waals surface area contributed by atoms with Crippen molar-refractivity contribution in [2.24, 2.45) is 5.92 Å². The van der Waals surface area contributed by atoms with Gasteiger partial charge in [-0.25, -0.2) is 18.3 Å². The van der Waals surface area contributed by atoms with Crippen molar-refractivity contribution in [2.45, 2.75) is 83.7 Å². The highest BCUT2D eigenvalue weighted by Crippen LogP contribution is 2.40. The van der Waals surface area contributed by atoms with Gasteiger partial charge in [0.1, 0.15) is 5.82 Å². The van der Waals surface area contributed by atoms with Crippen LogP contribution in [0.15, 0.2) is 72.8 Å². The lowest BCUT2D eigenvalue weighted by atomic mass is 9.85. The van der Waals surface area contributed by atoms with Gasteiger partial charge in [0.25, 0.3) is 0 Å². The van der Waals surface area contributed by atoms with Crippen LogP contribution >= 0.6 is 0 Å². The van der Waals surface area contributed by atoms with Crippen LogP contribution in [-0.4, -0.2) is 38.7 Å². The van der Waals surface area contributed by atoms with E-state index in [0.717, 1.165) is 66.7 Å². The fraction of sp³-hybridized carbons (Fsp3) is 0.378. The van der Waals surface area contributed by atoms with Gasteiger partial charge in [-0.1, -0.05) is 56.7 Å². The van der Waals surface area contributed by atoms with Crippen LogP contribution in [0, 0.1) is 24.5 Å². The molecule has 2 aliphatic rings. The molecule has 1 aromatic heterocycles. The Bertz CT molecular complexity index is 1730. The molecule has 2 bridgehead atoms. The van der Waals surface area contributed by atoms with E-state index in [2.05, 4.69) is 37.5 Å². The van der Waals surface area contributed by atoms with Crippen molar-refractivity contribution in [1.82, 2.24) is 14.7 Å². The Labute approximate surface area is 269 Å². The van der Waals surface area contributed by atoms with Crippen LogP contribution in [0.3, 0.4) is 0 Å². The number of anilines is 2. The molecule has 46 heavy (non-hydrogen) atoms. The van der Waals surface area contributed by atoms with Crippen molar-refractivity contribution < 1.29 is 18.4 Å². The summed E-state index contributed by atoms with van der Waals surface area (Å²) in [4.78, 5) is 28.4. The third-order valence-electron chi connectivity index (χ3n) is 9.17. The molecular formula is C37H41F2N5O2. The number of piperidine rings is 1. The highest BCUT2D eigenvalue weighted by molar-refractivity contribution is 5.99. The molecule has 2 aliphatic heterocycles. The summed E-state index contributed by atoms with van der Waals surface area (Å²) in [5.74, 6) is -0.855. The molecule has 7 nitrogen and oxygen atoms in total. The minimum atomic E-state index is -0.926. The number of amides is 3. The standard InChI is InChI=1S/C37H41F2N5O2/c1-23-8-11-28(12-9-23)44-34(22-33(42-44)37(2,3)4)41-36(46)40-27-7-5-6-24(17-27)16-26-18-29-13-14-30(19-26)43(29)35(45)21-25-10-15-31(38)32(39)20-25/h5-12,15,17,20,22,26,29-30H,13-14,16,18-19,21H2,1-4H3,(H2,40,41,46). The summed E-state index contributed by atoms with van der Waals surface area (Å²) >= 11 is 0. The molecule has 2 fully saturated rings. The molecule has 2 saturated heterocycles. The Balaban J connectivity index is 1.08. The highest BCUT2D eigenvalue weighted by Gasteiger charge is 2.42. The molecule has 0 saturated carbocycles. The van der Waals surface area contributed by atoms with Crippen LogP contribution in [-0.2, 0) is 23.1 Å². The van der Waals surface area contributed by atoms with E-state index < -0.39 is 11.6 Å². The zero-order valence-corrected chi connectivity index (χ0v) is 26.8. The second-order valence-electron chi connectivity index (χ2n) is 13.8.